The van der Waals surface area contributed by atoms with E-state index in [9.17, 15) is 0 Å². The first-order valence-electron chi connectivity index (χ1n) is 7.56. The Bertz CT molecular complexity index is 640. The Morgan fingerprint density at radius 1 is 1.19 bits per heavy atom. The van der Waals surface area contributed by atoms with Crippen LogP contribution >= 0.6 is 11.8 Å². The smallest absolute Gasteiger partial charge is 0.173 e. The maximum absolute atomic E-state index is 8.65. The van der Waals surface area contributed by atoms with E-state index in [2.05, 4.69) is 34.9 Å². The van der Waals surface area contributed by atoms with Crippen LogP contribution in [0.1, 0.15) is 37.1 Å². The van der Waals surface area contributed by atoms with E-state index in [1.807, 2.05) is 6.07 Å². The zero-order valence-electron chi connectivity index (χ0n) is 12.1. The molecule has 4 heteroatoms. The van der Waals surface area contributed by atoms with Gasteiger partial charge in [0, 0.05) is 23.6 Å². The zero-order valence-corrected chi connectivity index (χ0v) is 12.9. The molecular formula is C17H19N3S. The van der Waals surface area contributed by atoms with E-state index < -0.39 is 0 Å². The number of aryl methyl sites for hydroxylation is 1. The second-order valence-electron chi connectivity index (χ2n) is 5.28. The van der Waals surface area contributed by atoms with Gasteiger partial charge in [0.2, 0.25) is 0 Å². The molecule has 0 unspecified atom stereocenters. The summed E-state index contributed by atoms with van der Waals surface area (Å²) in [4.78, 5) is 4.87. The highest BCUT2D eigenvalue weighted by Crippen LogP contribution is 2.30. The summed E-state index contributed by atoms with van der Waals surface area (Å²) in [6.07, 6.45) is 6.27. The standard InChI is InChI=1S/C17H19N3S/c18-12-6-7-13-21-17-19-15-10-4-5-11-16(15)20(17)14-8-2-1-3-9-14/h1-3,8-9H,4-7,10-11,13H2. The van der Waals surface area contributed by atoms with Gasteiger partial charge in [-0.2, -0.15) is 5.26 Å². The van der Waals surface area contributed by atoms with Gasteiger partial charge >= 0.3 is 0 Å². The second kappa shape index (κ2) is 6.82. The maximum atomic E-state index is 8.65. The average Bonchev–Trinajstić information content (AvgIpc) is 2.90. The van der Waals surface area contributed by atoms with Crippen LogP contribution in [0.4, 0.5) is 0 Å². The maximum Gasteiger partial charge on any atom is 0.173 e. The number of nitriles is 1. The van der Waals surface area contributed by atoms with Crippen molar-refractivity contribution in [3.8, 4) is 11.8 Å². The fourth-order valence-electron chi connectivity index (χ4n) is 2.77. The molecule has 108 valence electrons. The summed E-state index contributed by atoms with van der Waals surface area (Å²) >= 11 is 1.78. The van der Waals surface area contributed by atoms with Crippen LogP contribution < -0.4 is 0 Å². The van der Waals surface area contributed by atoms with E-state index in [-0.39, 0.29) is 0 Å². The number of hydrogen-bond donors (Lipinski definition) is 0. The van der Waals surface area contributed by atoms with Gasteiger partial charge in [-0.15, -0.1) is 0 Å². The van der Waals surface area contributed by atoms with Gasteiger partial charge in [0.1, 0.15) is 0 Å². The lowest BCUT2D eigenvalue weighted by Gasteiger charge is -2.15. The first-order chi connectivity index (χ1) is 10.4. The predicted octanol–water partition coefficient (Wildman–Crippen LogP) is 4.15. The number of aromatic nitrogens is 2. The summed E-state index contributed by atoms with van der Waals surface area (Å²) in [6.45, 7) is 0. The fourth-order valence-corrected chi connectivity index (χ4v) is 3.76. The summed E-state index contributed by atoms with van der Waals surface area (Å²) in [5.74, 6) is 0.955. The van der Waals surface area contributed by atoms with Gasteiger partial charge in [0.05, 0.1) is 11.8 Å². The van der Waals surface area contributed by atoms with Crippen LogP contribution in [-0.4, -0.2) is 15.3 Å². The van der Waals surface area contributed by atoms with Crippen molar-refractivity contribution in [2.75, 3.05) is 5.75 Å². The van der Waals surface area contributed by atoms with E-state index in [1.54, 1.807) is 11.8 Å². The van der Waals surface area contributed by atoms with Gasteiger partial charge in [-0.25, -0.2) is 4.98 Å². The van der Waals surface area contributed by atoms with Gasteiger partial charge < -0.3 is 0 Å². The molecule has 0 amide bonds. The third-order valence-corrected chi connectivity index (χ3v) is 4.81. The van der Waals surface area contributed by atoms with E-state index in [1.165, 1.54) is 29.9 Å². The number of hydrogen-bond acceptors (Lipinski definition) is 3. The van der Waals surface area contributed by atoms with Gasteiger partial charge in [0.25, 0.3) is 0 Å². The molecule has 0 N–H and O–H groups in total. The zero-order chi connectivity index (χ0) is 14.5. The monoisotopic (exact) mass is 297 g/mol. The van der Waals surface area contributed by atoms with E-state index >= 15 is 0 Å². The molecule has 0 saturated heterocycles. The lowest BCUT2D eigenvalue weighted by molar-refractivity contribution is 0.654. The Morgan fingerprint density at radius 3 is 2.81 bits per heavy atom. The minimum atomic E-state index is 0.624. The number of fused-ring (bicyclic) bond motifs is 1. The van der Waals surface area contributed by atoms with Gasteiger partial charge in [-0.05, 0) is 44.2 Å². The molecule has 0 aliphatic heterocycles. The topological polar surface area (TPSA) is 41.6 Å². The van der Waals surface area contributed by atoms with Crippen molar-refractivity contribution < 1.29 is 0 Å². The van der Waals surface area contributed by atoms with Crippen LogP contribution in [0.2, 0.25) is 0 Å². The van der Waals surface area contributed by atoms with Crippen LogP contribution in [0.15, 0.2) is 35.5 Å². The lowest BCUT2D eigenvalue weighted by atomic mass is 10.0. The number of benzene rings is 1. The molecule has 1 aromatic heterocycles. The van der Waals surface area contributed by atoms with E-state index in [4.69, 9.17) is 10.2 Å². The van der Waals surface area contributed by atoms with E-state index in [0.717, 1.165) is 30.2 Å². The highest BCUT2D eigenvalue weighted by atomic mass is 32.2. The Labute approximate surface area is 130 Å². The number of rotatable bonds is 5. The van der Waals surface area contributed by atoms with E-state index in [0.29, 0.717) is 6.42 Å². The molecule has 3 rings (SSSR count). The first kappa shape index (κ1) is 14.2. The van der Waals surface area contributed by atoms with Crippen molar-refractivity contribution in [2.24, 2.45) is 0 Å². The van der Waals surface area contributed by atoms with Crippen LogP contribution in [0.5, 0.6) is 0 Å². The Hall–Kier alpha value is -1.73. The largest absolute Gasteiger partial charge is 0.292 e. The van der Waals surface area contributed by atoms with Gasteiger partial charge in [-0.3, -0.25) is 4.57 Å². The molecule has 2 aromatic rings. The van der Waals surface area contributed by atoms with Gasteiger partial charge in [0.15, 0.2) is 5.16 Å². The van der Waals surface area contributed by atoms with Crippen LogP contribution in [-0.2, 0) is 12.8 Å². The van der Waals surface area contributed by atoms with Crippen molar-refractivity contribution in [2.45, 2.75) is 43.7 Å². The molecule has 1 aliphatic carbocycles. The Balaban J connectivity index is 1.91. The van der Waals surface area contributed by atoms with Crippen LogP contribution in [0.3, 0.4) is 0 Å². The summed E-state index contributed by atoms with van der Waals surface area (Å²) in [5.41, 5.74) is 3.86. The van der Waals surface area contributed by atoms with Crippen molar-refractivity contribution in [3.05, 3.63) is 41.7 Å². The minimum absolute atomic E-state index is 0.624. The quantitative estimate of drug-likeness (QED) is 0.615. The molecular weight excluding hydrogens is 278 g/mol. The first-order valence-corrected chi connectivity index (χ1v) is 8.54. The number of unbranched alkanes of at least 4 members (excludes halogenated alkanes) is 1. The highest BCUT2D eigenvalue weighted by molar-refractivity contribution is 7.99. The molecule has 1 heterocycles. The molecule has 0 radical (unpaired) electrons. The molecule has 1 aliphatic rings. The third-order valence-electron chi connectivity index (χ3n) is 3.78. The predicted molar refractivity (Wildman–Crippen MR) is 85.8 cm³/mol. The van der Waals surface area contributed by atoms with Crippen molar-refractivity contribution in [1.29, 1.82) is 5.26 Å². The number of nitrogens with zero attached hydrogens (tertiary/aromatic N) is 3. The molecule has 0 atom stereocenters. The number of para-hydroxylation sites is 1. The summed E-state index contributed by atoms with van der Waals surface area (Å²) in [7, 11) is 0. The summed E-state index contributed by atoms with van der Waals surface area (Å²) in [5, 5.41) is 9.74. The SMILES string of the molecule is N#CCCCSc1nc2c(n1-c1ccccc1)CCCC2. The molecule has 0 fully saturated rings. The second-order valence-corrected chi connectivity index (χ2v) is 6.34. The van der Waals surface area contributed by atoms with Crippen LogP contribution in [0.25, 0.3) is 5.69 Å². The van der Waals surface area contributed by atoms with Gasteiger partial charge in [-0.1, -0.05) is 30.0 Å². The van der Waals surface area contributed by atoms with Crippen LogP contribution in [0, 0.1) is 11.3 Å². The minimum Gasteiger partial charge on any atom is -0.292 e. The van der Waals surface area contributed by atoms with Crippen molar-refractivity contribution >= 4 is 11.8 Å². The molecule has 1 aromatic carbocycles. The third kappa shape index (κ3) is 3.14. The summed E-state index contributed by atoms with van der Waals surface area (Å²) in [6, 6.07) is 12.7. The fraction of sp³-hybridized carbons (Fsp3) is 0.412. The Morgan fingerprint density at radius 2 is 2.00 bits per heavy atom. The summed E-state index contributed by atoms with van der Waals surface area (Å²) < 4.78 is 2.32. The molecule has 0 spiro atoms. The lowest BCUT2D eigenvalue weighted by Crippen LogP contribution is -2.07. The molecule has 0 bridgehead atoms. The van der Waals surface area contributed by atoms with Crippen molar-refractivity contribution in [1.82, 2.24) is 9.55 Å². The molecule has 21 heavy (non-hydrogen) atoms. The Kier molecular flexibility index (Phi) is 4.62. The number of imidazole rings is 1. The van der Waals surface area contributed by atoms with Crippen molar-refractivity contribution in [3.63, 3.8) is 0 Å². The molecule has 3 nitrogen and oxygen atoms in total. The average molecular weight is 297 g/mol. The highest BCUT2D eigenvalue weighted by Gasteiger charge is 2.20. The molecule has 0 saturated carbocycles. The normalized spacial score (nSPS) is 13.7. The number of thioether (sulfide) groups is 1.